The zero-order chi connectivity index (χ0) is 17.0. The van der Waals surface area contributed by atoms with Crippen molar-refractivity contribution in [2.45, 2.75) is 10.6 Å². The number of para-hydroxylation sites is 1. The van der Waals surface area contributed by atoms with Crippen molar-refractivity contribution in [1.29, 1.82) is 0 Å². The Labute approximate surface area is 147 Å². The lowest BCUT2D eigenvalue weighted by Gasteiger charge is -2.33. The van der Waals surface area contributed by atoms with Gasteiger partial charge in [0.05, 0.1) is 7.11 Å². The van der Waals surface area contributed by atoms with Gasteiger partial charge in [-0.05, 0) is 29.5 Å². The molecular formula is C17H22N2O3S2. The minimum atomic E-state index is -3.31. The normalized spacial score (nSPS) is 17.0. The number of ether oxygens (including phenoxy) is 1. The zero-order valence-corrected chi connectivity index (χ0v) is 15.4. The molecule has 7 heteroatoms. The third kappa shape index (κ3) is 3.80. The molecule has 0 saturated carbocycles. The summed E-state index contributed by atoms with van der Waals surface area (Å²) in [6, 6.07) is 11.5. The molecule has 0 unspecified atom stereocenters. The molecule has 0 bridgehead atoms. The van der Waals surface area contributed by atoms with Crippen molar-refractivity contribution in [2.24, 2.45) is 0 Å². The van der Waals surface area contributed by atoms with Crippen LogP contribution in [0, 0.1) is 0 Å². The van der Waals surface area contributed by atoms with E-state index in [1.54, 1.807) is 28.9 Å². The van der Waals surface area contributed by atoms with E-state index in [2.05, 4.69) is 11.0 Å². The highest BCUT2D eigenvalue weighted by atomic mass is 32.2. The number of methoxy groups -OCH3 is 1. The van der Waals surface area contributed by atoms with Crippen LogP contribution in [0.2, 0.25) is 0 Å². The van der Waals surface area contributed by atoms with E-state index in [9.17, 15) is 8.42 Å². The Morgan fingerprint density at radius 3 is 2.50 bits per heavy atom. The van der Waals surface area contributed by atoms with Crippen molar-refractivity contribution in [3.8, 4) is 5.75 Å². The van der Waals surface area contributed by atoms with Crippen molar-refractivity contribution in [1.82, 2.24) is 9.21 Å². The number of benzene rings is 1. The molecule has 0 radical (unpaired) electrons. The van der Waals surface area contributed by atoms with Gasteiger partial charge in [0.1, 0.15) is 9.96 Å². The number of thiophene rings is 1. The summed E-state index contributed by atoms with van der Waals surface area (Å²) in [7, 11) is -1.63. The van der Waals surface area contributed by atoms with Crippen LogP contribution < -0.4 is 4.74 Å². The van der Waals surface area contributed by atoms with Crippen molar-refractivity contribution >= 4 is 21.4 Å². The minimum absolute atomic E-state index is 0.435. The Morgan fingerprint density at radius 1 is 1.08 bits per heavy atom. The summed E-state index contributed by atoms with van der Waals surface area (Å²) in [6.45, 7) is 3.53. The molecule has 2 heterocycles. The predicted molar refractivity (Wildman–Crippen MR) is 96.2 cm³/mol. The van der Waals surface area contributed by atoms with E-state index >= 15 is 0 Å². The fourth-order valence-corrected chi connectivity index (χ4v) is 5.49. The van der Waals surface area contributed by atoms with E-state index in [0.29, 0.717) is 17.3 Å². The van der Waals surface area contributed by atoms with Gasteiger partial charge in [-0.1, -0.05) is 24.3 Å². The van der Waals surface area contributed by atoms with E-state index < -0.39 is 10.0 Å². The van der Waals surface area contributed by atoms with Gasteiger partial charge in [-0.15, -0.1) is 11.3 Å². The van der Waals surface area contributed by atoms with Crippen molar-refractivity contribution < 1.29 is 13.2 Å². The highest BCUT2D eigenvalue weighted by Crippen LogP contribution is 2.22. The maximum Gasteiger partial charge on any atom is 0.252 e. The van der Waals surface area contributed by atoms with Gasteiger partial charge in [-0.3, -0.25) is 0 Å². The number of hydrogen-bond donors (Lipinski definition) is 0. The van der Waals surface area contributed by atoms with Gasteiger partial charge < -0.3 is 9.64 Å². The SMILES string of the molecule is COc1ccccc1CCN1CCN(S(=O)(=O)c2cccs2)CC1. The first kappa shape index (κ1) is 17.4. The number of piperazine rings is 1. The average Bonchev–Trinajstić information content (AvgIpc) is 3.16. The third-order valence-electron chi connectivity index (χ3n) is 4.31. The Balaban J connectivity index is 1.54. The standard InChI is InChI=1S/C17H22N2O3S2/c1-22-16-6-3-2-5-15(16)8-9-18-10-12-19(13-11-18)24(20,21)17-7-4-14-23-17/h2-7,14H,8-13H2,1H3. The number of nitrogens with zero attached hydrogens (tertiary/aromatic N) is 2. The lowest BCUT2D eigenvalue weighted by atomic mass is 10.1. The van der Waals surface area contributed by atoms with Crippen LogP contribution in [0.3, 0.4) is 0 Å². The summed E-state index contributed by atoms with van der Waals surface area (Å²) in [4.78, 5) is 2.31. The maximum absolute atomic E-state index is 12.5. The Morgan fingerprint density at radius 2 is 1.83 bits per heavy atom. The molecule has 0 amide bonds. The van der Waals surface area contributed by atoms with Crippen molar-refractivity contribution in [3.05, 3.63) is 47.3 Å². The van der Waals surface area contributed by atoms with Crippen LogP contribution in [0.15, 0.2) is 46.0 Å². The van der Waals surface area contributed by atoms with Crippen LogP contribution in [0.1, 0.15) is 5.56 Å². The largest absolute Gasteiger partial charge is 0.496 e. The lowest BCUT2D eigenvalue weighted by Crippen LogP contribution is -2.48. The van der Waals surface area contributed by atoms with Gasteiger partial charge in [0.25, 0.3) is 10.0 Å². The molecule has 130 valence electrons. The van der Waals surface area contributed by atoms with E-state index in [4.69, 9.17) is 4.74 Å². The molecule has 0 atom stereocenters. The zero-order valence-electron chi connectivity index (χ0n) is 13.7. The van der Waals surface area contributed by atoms with Crippen molar-refractivity contribution in [3.63, 3.8) is 0 Å². The molecule has 0 spiro atoms. The molecular weight excluding hydrogens is 344 g/mol. The second kappa shape index (κ2) is 7.65. The molecule has 24 heavy (non-hydrogen) atoms. The van der Waals surface area contributed by atoms with E-state index in [-0.39, 0.29) is 0 Å². The summed E-state index contributed by atoms with van der Waals surface area (Å²) in [6.07, 6.45) is 0.904. The van der Waals surface area contributed by atoms with Crippen LogP contribution in [-0.4, -0.2) is 57.5 Å². The highest BCUT2D eigenvalue weighted by molar-refractivity contribution is 7.91. The van der Waals surface area contributed by atoms with Gasteiger partial charge in [-0.2, -0.15) is 4.31 Å². The molecule has 1 aromatic carbocycles. The van der Waals surface area contributed by atoms with E-state index in [1.807, 2.05) is 18.2 Å². The van der Waals surface area contributed by atoms with E-state index in [0.717, 1.165) is 31.8 Å². The smallest absolute Gasteiger partial charge is 0.252 e. The molecule has 0 aliphatic carbocycles. The fourth-order valence-electron chi connectivity index (χ4n) is 2.92. The van der Waals surface area contributed by atoms with Gasteiger partial charge in [0.2, 0.25) is 0 Å². The predicted octanol–water partition coefficient (Wildman–Crippen LogP) is 2.31. The van der Waals surface area contributed by atoms with Crippen LogP contribution in [0.5, 0.6) is 5.75 Å². The van der Waals surface area contributed by atoms with Gasteiger partial charge in [-0.25, -0.2) is 8.42 Å². The molecule has 3 rings (SSSR count). The molecule has 1 aliphatic rings. The first-order valence-electron chi connectivity index (χ1n) is 7.99. The molecule has 2 aromatic rings. The van der Waals surface area contributed by atoms with Crippen LogP contribution in [-0.2, 0) is 16.4 Å². The fraction of sp³-hybridized carbons (Fsp3) is 0.412. The Bertz CT molecular complexity index is 752. The first-order chi connectivity index (χ1) is 11.6. The van der Waals surface area contributed by atoms with Crippen LogP contribution in [0.25, 0.3) is 0 Å². The van der Waals surface area contributed by atoms with Crippen molar-refractivity contribution in [2.75, 3.05) is 39.8 Å². The Hall–Kier alpha value is -1.41. The number of hydrogen-bond acceptors (Lipinski definition) is 5. The number of rotatable bonds is 6. The molecule has 1 fully saturated rings. The highest BCUT2D eigenvalue weighted by Gasteiger charge is 2.28. The second-order valence-corrected chi connectivity index (χ2v) is 8.85. The minimum Gasteiger partial charge on any atom is -0.496 e. The lowest BCUT2D eigenvalue weighted by molar-refractivity contribution is 0.190. The average molecular weight is 367 g/mol. The van der Waals surface area contributed by atoms with Gasteiger partial charge in [0, 0.05) is 32.7 Å². The summed E-state index contributed by atoms with van der Waals surface area (Å²) in [5.74, 6) is 0.913. The molecule has 0 N–H and O–H groups in total. The third-order valence-corrected chi connectivity index (χ3v) is 7.58. The van der Waals surface area contributed by atoms with E-state index in [1.165, 1.54) is 16.9 Å². The van der Waals surface area contributed by atoms with Crippen LogP contribution in [0.4, 0.5) is 0 Å². The molecule has 5 nitrogen and oxygen atoms in total. The van der Waals surface area contributed by atoms with Gasteiger partial charge >= 0.3 is 0 Å². The summed E-state index contributed by atoms with van der Waals surface area (Å²) < 4.78 is 32.5. The van der Waals surface area contributed by atoms with Gasteiger partial charge in [0.15, 0.2) is 0 Å². The first-order valence-corrected chi connectivity index (χ1v) is 10.3. The summed E-state index contributed by atoms with van der Waals surface area (Å²) >= 11 is 1.28. The topological polar surface area (TPSA) is 49.9 Å². The van der Waals surface area contributed by atoms with Crippen LogP contribution >= 0.6 is 11.3 Å². The summed E-state index contributed by atoms with van der Waals surface area (Å²) in [5, 5.41) is 1.80. The monoisotopic (exact) mass is 366 g/mol. The number of sulfonamides is 1. The molecule has 1 saturated heterocycles. The Kier molecular flexibility index (Phi) is 5.55. The second-order valence-electron chi connectivity index (χ2n) is 5.74. The quantitative estimate of drug-likeness (QED) is 0.787. The molecule has 1 aromatic heterocycles. The maximum atomic E-state index is 12.5. The molecule has 1 aliphatic heterocycles. The summed E-state index contributed by atoms with van der Waals surface area (Å²) in [5.41, 5.74) is 1.19.